The van der Waals surface area contributed by atoms with Crippen LogP contribution < -0.4 is 25.4 Å². The summed E-state index contributed by atoms with van der Waals surface area (Å²) in [4.78, 5) is 13.5. The molecule has 6 rings (SSSR count). The van der Waals surface area contributed by atoms with Gasteiger partial charge in [0, 0.05) is 35.5 Å². The van der Waals surface area contributed by atoms with E-state index in [1.165, 1.54) is 36.4 Å². The van der Waals surface area contributed by atoms with E-state index in [-0.39, 0.29) is 40.3 Å². The van der Waals surface area contributed by atoms with E-state index >= 15 is 0 Å². The minimum atomic E-state index is -4.61. The highest BCUT2D eigenvalue weighted by atomic mass is 19.4. The number of carbonyl (C=O) groups is 1. The van der Waals surface area contributed by atoms with E-state index in [0.717, 1.165) is 37.7 Å². The summed E-state index contributed by atoms with van der Waals surface area (Å²) in [5, 5.41) is 9.15. The summed E-state index contributed by atoms with van der Waals surface area (Å²) in [7, 11) is 0. The summed E-state index contributed by atoms with van der Waals surface area (Å²) in [5.74, 6) is -1.94. The molecule has 4 aromatic rings. The van der Waals surface area contributed by atoms with E-state index in [0.29, 0.717) is 36.4 Å². The highest BCUT2D eigenvalue weighted by Crippen LogP contribution is 2.42. The zero-order chi connectivity index (χ0) is 31.6. The largest absolute Gasteiger partial charge is 0.488 e. The number of alkyl halides is 3. The Balaban J connectivity index is 1.34. The summed E-state index contributed by atoms with van der Waals surface area (Å²) in [6, 6.07) is 17.9. The lowest BCUT2D eigenvalue weighted by Gasteiger charge is -2.20. The van der Waals surface area contributed by atoms with Crippen molar-refractivity contribution < 1.29 is 36.2 Å². The van der Waals surface area contributed by atoms with Crippen LogP contribution in [0.15, 0.2) is 78.9 Å². The van der Waals surface area contributed by atoms with Gasteiger partial charge in [0.1, 0.15) is 23.7 Å². The zero-order valence-electron chi connectivity index (χ0n) is 24.0. The Labute approximate surface area is 256 Å². The van der Waals surface area contributed by atoms with Gasteiger partial charge in [0.15, 0.2) is 11.6 Å². The minimum absolute atomic E-state index is 0.0782. The van der Waals surface area contributed by atoms with Crippen LogP contribution in [0.25, 0.3) is 22.3 Å². The van der Waals surface area contributed by atoms with Crippen molar-refractivity contribution in [2.75, 3.05) is 31.5 Å². The lowest BCUT2D eigenvalue weighted by Crippen LogP contribution is -2.20. The highest BCUT2D eigenvalue weighted by Gasteiger charge is 2.34. The molecule has 11 heteroatoms. The zero-order valence-corrected chi connectivity index (χ0v) is 24.0. The van der Waals surface area contributed by atoms with E-state index < -0.39 is 29.3 Å². The molecule has 234 valence electrons. The molecule has 2 heterocycles. The minimum Gasteiger partial charge on any atom is -0.488 e. The Hall–Kier alpha value is -4.48. The topological polar surface area (TPSA) is 71.6 Å². The average molecular weight is 624 g/mol. The van der Waals surface area contributed by atoms with E-state index in [1.807, 2.05) is 0 Å². The Morgan fingerprint density at radius 2 is 1.40 bits per heavy atom. The summed E-state index contributed by atoms with van der Waals surface area (Å²) in [6.45, 7) is 2.70. The number of halogens is 5. The Bertz CT molecular complexity index is 1700. The Morgan fingerprint density at radius 1 is 0.733 bits per heavy atom. The Kier molecular flexibility index (Phi) is 8.73. The average Bonchev–Trinajstić information content (AvgIpc) is 3.74. The van der Waals surface area contributed by atoms with E-state index in [9.17, 15) is 26.7 Å². The predicted octanol–water partition coefficient (Wildman–Crippen LogP) is 7.05. The van der Waals surface area contributed by atoms with Crippen LogP contribution in [-0.4, -0.2) is 44.3 Å². The molecule has 0 aliphatic carbocycles. The van der Waals surface area contributed by atoms with Crippen molar-refractivity contribution in [2.24, 2.45) is 0 Å². The quantitative estimate of drug-likeness (QED) is 0.184. The van der Waals surface area contributed by atoms with Crippen LogP contribution in [0, 0.1) is 11.6 Å². The number of amides is 1. The molecule has 4 aromatic carbocycles. The fourth-order valence-electron chi connectivity index (χ4n) is 5.57. The molecular formula is C34H30F5N3O3. The molecule has 45 heavy (non-hydrogen) atoms. The maximum absolute atomic E-state index is 14.2. The molecule has 1 amide bonds. The first kappa shape index (κ1) is 30.5. The first-order chi connectivity index (χ1) is 21.7. The van der Waals surface area contributed by atoms with Crippen LogP contribution in [0.1, 0.15) is 28.8 Å². The SMILES string of the molecule is O=C(Nc1ccc(O[C@H]2CCNC2)c(-c2ccccc2C(F)(F)F)c1)c1ccc(O[C@H]2CCNC2)c(-c2ccc(F)c(F)c2)c1. The number of benzene rings is 4. The van der Waals surface area contributed by atoms with Crippen molar-refractivity contribution in [1.82, 2.24) is 10.6 Å². The smallest absolute Gasteiger partial charge is 0.417 e. The van der Waals surface area contributed by atoms with Gasteiger partial charge in [0.25, 0.3) is 5.91 Å². The summed E-state index contributed by atoms with van der Waals surface area (Å²) in [6.07, 6.45) is -3.49. The number of rotatable bonds is 8. The standard InChI is InChI=1S/C34H30F5N3O3/c35-29-8-5-20(16-30(29)36)26-15-21(6-9-31(26)44-23-11-13-40-18-23)33(43)42-22-7-10-32(45-24-12-14-41-19-24)27(17-22)25-3-1-2-4-28(25)34(37,38)39/h1-10,15-17,23-24,40-41H,11-14,18-19H2,(H,42,43)/t23-,24-/m0/s1. The van der Waals surface area contributed by atoms with Gasteiger partial charge in [-0.25, -0.2) is 8.78 Å². The molecule has 2 saturated heterocycles. The summed E-state index contributed by atoms with van der Waals surface area (Å²) in [5.41, 5.74) is 0.416. The van der Waals surface area contributed by atoms with Gasteiger partial charge in [-0.2, -0.15) is 13.2 Å². The molecule has 0 radical (unpaired) electrons. The van der Waals surface area contributed by atoms with Crippen LogP contribution in [-0.2, 0) is 6.18 Å². The van der Waals surface area contributed by atoms with Gasteiger partial charge in [0.05, 0.1) is 5.56 Å². The molecule has 2 aliphatic rings. The lowest BCUT2D eigenvalue weighted by molar-refractivity contribution is -0.137. The Morgan fingerprint density at radius 3 is 2.04 bits per heavy atom. The van der Waals surface area contributed by atoms with Gasteiger partial charge in [-0.3, -0.25) is 4.79 Å². The fraction of sp³-hybridized carbons (Fsp3) is 0.265. The van der Waals surface area contributed by atoms with Crippen LogP contribution in [0.5, 0.6) is 11.5 Å². The number of carbonyl (C=O) groups excluding carboxylic acids is 1. The fourth-order valence-corrected chi connectivity index (χ4v) is 5.57. The molecule has 0 unspecified atom stereocenters. The maximum atomic E-state index is 14.2. The molecule has 2 aliphatic heterocycles. The first-order valence-electron chi connectivity index (χ1n) is 14.6. The molecule has 0 spiro atoms. The van der Waals surface area contributed by atoms with Crippen LogP contribution >= 0.6 is 0 Å². The third-order valence-corrected chi connectivity index (χ3v) is 7.85. The maximum Gasteiger partial charge on any atom is 0.417 e. The van der Waals surface area contributed by atoms with Gasteiger partial charge in [-0.05, 0) is 91.7 Å². The highest BCUT2D eigenvalue weighted by molar-refractivity contribution is 6.05. The number of nitrogens with one attached hydrogen (secondary N) is 3. The number of hydrogen-bond donors (Lipinski definition) is 3. The lowest BCUT2D eigenvalue weighted by atomic mass is 9.97. The number of ether oxygens (including phenoxy) is 2. The summed E-state index contributed by atoms with van der Waals surface area (Å²) < 4.78 is 82.2. The van der Waals surface area contributed by atoms with Crippen molar-refractivity contribution in [3.8, 4) is 33.8 Å². The third-order valence-electron chi connectivity index (χ3n) is 7.85. The molecule has 2 fully saturated rings. The summed E-state index contributed by atoms with van der Waals surface area (Å²) >= 11 is 0. The molecule has 6 nitrogen and oxygen atoms in total. The van der Waals surface area contributed by atoms with Crippen LogP contribution in [0.4, 0.5) is 27.6 Å². The van der Waals surface area contributed by atoms with Gasteiger partial charge in [-0.1, -0.05) is 24.3 Å². The molecule has 0 aromatic heterocycles. The van der Waals surface area contributed by atoms with Crippen molar-refractivity contribution in [3.63, 3.8) is 0 Å². The number of hydrogen-bond acceptors (Lipinski definition) is 5. The number of anilines is 1. The van der Waals surface area contributed by atoms with Crippen molar-refractivity contribution in [3.05, 3.63) is 102 Å². The van der Waals surface area contributed by atoms with Gasteiger partial charge in [0.2, 0.25) is 0 Å². The van der Waals surface area contributed by atoms with Crippen molar-refractivity contribution in [2.45, 2.75) is 31.2 Å². The van der Waals surface area contributed by atoms with Crippen molar-refractivity contribution in [1.29, 1.82) is 0 Å². The monoisotopic (exact) mass is 623 g/mol. The van der Waals surface area contributed by atoms with Gasteiger partial charge in [-0.15, -0.1) is 0 Å². The second-order valence-corrected chi connectivity index (χ2v) is 11.0. The van der Waals surface area contributed by atoms with Crippen LogP contribution in [0.3, 0.4) is 0 Å². The molecule has 3 N–H and O–H groups in total. The van der Waals surface area contributed by atoms with E-state index in [2.05, 4.69) is 16.0 Å². The molecule has 0 saturated carbocycles. The van der Waals surface area contributed by atoms with Crippen molar-refractivity contribution >= 4 is 11.6 Å². The molecule has 2 atom stereocenters. The first-order valence-corrected chi connectivity index (χ1v) is 14.6. The molecular weight excluding hydrogens is 593 g/mol. The van der Waals surface area contributed by atoms with E-state index in [1.54, 1.807) is 24.3 Å². The molecule has 0 bridgehead atoms. The van der Waals surface area contributed by atoms with Gasteiger partial charge >= 0.3 is 6.18 Å². The predicted molar refractivity (Wildman–Crippen MR) is 160 cm³/mol. The normalized spacial score (nSPS) is 18.2. The third kappa shape index (κ3) is 6.94. The van der Waals surface area contributed by atoms with Gasteiger partial charge < -0.3 is 25.4 Å². The second kappa shape index (κ2) is 12.9. The van der Waals surface area contributed by atoms with E-state index in [4.69, 9.17) is 9.47 Å². The second-order valence-electron chi connectivity index (χ2n) is 11.0. The van der Waals surface area contributed by atoms with Crippen LogP contribution in [0.2, 0.25) is 0 Å².